The summed E-state index contributed by atoms with van der Waals surface area (Å²) < 4.78 is 0. The van der Waals surface area contributed by atoms with E-state index in [1.807, 2.05) is 0 Å². The van der Waals surface area contributed by atoms with Crippen molar-refractivity contribution >= 4 is 17.8 Å². The molecule has 1 heterocycles. The Bertz CT molecular complexity index is 656. The summed E-state index contributed by atoms with van der Waals surface area (Å²) in [6.07, 6.45) is 2.44. The molecular weight excluding hydrogens is 308 g/mol. The molecule has 1 aliphatic heterocycles. The van der Waals surface area contributed by atoms with E-state index < -0.39 is 17.4 Å². The molecule has 0 spiro atoms. The third kappa shape index (κ3) is 3.27. The molecule has 0 unspecified atom stereocenters. The van der Waals surface area contributed by atoms with Crippen LogP contribution in [0.4, 0.5) is 0 Å². The molecule has 0 radical (unpaired) electrons. The number of rotatable bonds is 6. The molecule has 2 fully saturated rings. The average molecular weight is 330 g/mol. The minimum Gasteiger partial charge on any atom is -0.479 e. The normalized spacial score (nSPS) is 23.0. The summed E-state index contributed by atoms with van der Waals surface area (Å²) in [6, 6.07) is 8.61. The molecule has 6 heteroatoms. The third-order valence-corrected chi connectivity index (χ3v) is 4.91. The van der Waals surface area contributed by atoms with Gasteiger partial charge in [0.1, 0.15) is 0 Å². The van der Waals surface area contributed by atoms with Gasteiger partial charge < -0.3 is 15.3 Å². The number of carbonyl (C=O) groups is 3. The van der Waals surface area contributed by atoms with Gasteiger partial charge in [-0.2, -0.15) is 0 Å². The zero-order valence-electron chi connectivity index (χ0n) is 13.7. The quantitative estimate of drug-likeness (QED) is 0.824. The van der Waals surface area contributed by atoms with Crippen molar-refractivity contribution in [1.82, 2.24) is 10.2 Å². The first-order chi connectivity index (χ1) is 11.4. The zero-order valence-corrected chi connectivity index (χ0v) is 13.7. The molecule has 1 aromatic carbocycles. The van der Waals surface area contributed by atoms with E-state index >= 15 is 0 Å². The Hall–Kier alpha value is -2.37. The lowest BCUT2D eigenvalue weighted by molar-refractivity contribution is -0.148. The summed E-state index contributed by atoms with van der Waals surface area (Å²) in [5.74, 6) is -1.43. The van der Waals surface area contributed by atoms with Gasteiger partial charge in [-0.15, -0.1) is 0 Å². The van der Waals surface area contributed by atoms with E-state index in [-0.39, 0.29) is 18.2 Å². The highest BCUT2D eigenvalue weighted by atomic mass is 16.4. The predicted octanol–water partition coefficient (Wildman–Crippen LogP) is 1.36. The van der Waals surface area contributed by atoms with E-state index in [9.17, 15) is 19.5 Å². The molecule has 2 amide bonds. The number of carboxylic acids is 1. The lowest BCUT2D eigenvalue weighted by atomic mass is 9.91. The minimum atomic E-state index is -1.51. The Morgan fingerprint density at radius 1 is 1.29 bits per heavy atom. The second-order valence-corrected chi connectivity index (χ2v) is 6.93. The van der Waals surface area contributed by atoms with Gasteiger partial charge in [0, 0.05) is 19.5 Å². The van der Waals surface area contributed by atoms with Crippen molar-refractivity contribution in [2.75, 3.05) is 13.1 Å². The van der Waals surface area contributed by atoms with Gasteiger partial charge in [-0.05, 0) is 31.2 Å². The summed E-state index contributed by atoms with van der Waals surface area (Å²) in [7, 11) is 0. The minimum absolute atomic E-state index is 0.0150. The molecule has 1 aliphatic carbocycles. The molecule has 24 heavy (non-hydrogen) atoms. The summed E-state index contributed by atoms with van der Waals surface area (Å²) in [4.78, 5) is 38.1. The van der Waals surface area contributed by atoms with Crippen LogP contribution in [0.15, 0.2) is 30.3 Å². The van der Waals surface area contributed by atoms with Crippen LogP contribution in [0.2, 0.25) is 0 Å². The van der Waals surface area contributed by atoms with Crippen molar-refractivity contribution in [3.63, 3.8) is 0 Å². The zero-order chi connectivity index (χ0) is 17.3. The lowest BCUT2D eigenvalue weighted by Gasteiger charge is -2.28. The van der Waals surface area contributed by atoms with E-state index in [0.29, 0.717) is 18.0 Å². The van der Waals surface area contributed by atoms with Gasteiger partial charge >= 0.3 is 5.97 Å². The second-order valence-electron chi connectivity index (χ2n) is 6.93. The number of carboxylic acid groups (broad SMARTS) is 1. The second kappa shape index (κ2) is 6.26. The van der Waals surface area contributed by atoms with E-state index in [4.69, 9.17) is 0 Å². The van der Waals surface area contributed by atoms with Crippen LogP contribution >= 0.6 is 0 Å². The molecule has 1 saturated carbocycles. The Balaban J connectivity index is 1.70. The molecule has 2 aliphatic rings. The number of amides is 2. The fourth-order valence-electron chi connectivity index (χ4n) is 3.11. The van der Waals surface area contributed by atoms with Crippen molar-refractivity contribution in [3.05, 3.63) is 35.9 Å². The first-order valence-corrected chi connectivity index (χ1v) is 8.29. The van der Waals surface area contributed by atoms with Crippen molar-refractivity contribution in [2.24, 2.45) is 11.8 Å². The smallest absolute Gasteiger partial charge is 0.333 e. The molecule has 2 N–H and O–H groups in total. The van der Waals surface area contributed by atoms with Gasteiger partial charge in [0.15, 0.2) is 5.54 Å². The van der Waals surface area contributed by atoms with Gasteiger partial charge in [-0.1, -0.05) is 30.3 Å². The van der Waals surface area contributed by atoms with Crippen LogP contribution in [-0.2, 0) is 19.9 Å². The lowest BCUT2D eigenvalue weighted by Crippen LogP contribution is -2.51. The van der Waals surface area contributed by atoms with E-state index in [2.05, 4.69) is 5.32 Å². The average Bonchev–Trinajstić information content (AvgIpc) is 3.30. The first kappa shape index (κ1) is 16.5. The fourth-order valence-corrected chi connectivity index (χ4v) is 3.11. The van der Waals surface area contributed by atoms with Crippen LogP contribution < -0.4 is 5.32 Å². The molecule has 0 aromatic heterocycles. The number of carbonyl (C=O) groups excluding carboxylic acids is 2. The number of hydrogen-bond acceptors (Lipinski definition) is 3. The van der Waals surface area contributed by atoms with E-state index in [1.165, 1.54) is 6.92 Å². The summed E-state index contributed by atoms with van der Waals surface area (Å²) in [5, 5.41) is 12.3. The number of aliphatic carboxylic acids is 1. The van der Waals surface area contributed by atoms with Gasteiger partial charge in [0.2, 0.25) is 11.8 Å². The monoisotopic (exact) mass is 330 g/mol. The Labute approximate surface area is 140 Å². The third-order valence-electron chi connectivity index (χ3n) is 4.91. The predicted molar refractivity (Wildman–Crippen MR) is 87.0 cm³/mol. The fraction of sp³-hybridized carbons (Fsp3) is 0.500. The van der Waals surface area contributed by atoms with Gasteiger partial charge in [-0.3, -0.25) is 9.59 Å². The van der Waals surface area contributed by atoms with E-state index in [0.717, 1.165) is 19.4 Å². The molecule has 1 saturated heterocycles. The number of hydrogen-bond donors (Lipinski definition) is 2. The van der Waals surface area contributed by atoms with Crippen LogP contribution in [0, 0.1) is 11.8 Å². The first-order valence-electron chi connectivity index (χ1n) is 8.29. The molecule has 2 atom stereocenters. The molecule has 6 nitrogen and oxygen atoms in total. The number of nitrogens with zero attached hydrogens (tertiary/aromatic N) is 1. The highest BCUT2D eigenvalue weighted by molar-refractivity contribution is 5.93. The molecule has 1 aromatic rings. The summed E-state index contributed by atoms with van der Waals surface area (Å²) in [5.41, 5.74) is -1.00. The standard InChI is InChI=1S/C18H22N2O4/c1-18(17(23)24,14-5-3-2-4-6-14)19-16(22)13-9-15(21)20(11-13)10-12-7-8-12/h2-6,12-13H,7-11H2,1H3,(H,19,22)(H,23,24)/t13-,18-/m0/s1. The molecular formula is C18H22N2O4. The largest absolute Gasteiger partial charge is 0.479 e. The van der Waals surface area contributed by atoms with Crippen molar-refractivity contribution in [1.29, 1.82) is 0 Å². The van der Waals surface area contributed by atoms with Gasteiger partial charge in [0.25, 0.3) is 0 Å². The van der Waals surface area contributed by atoms with Crippen LogP contribution in [0.5, 0.6) is 0 Å². The van der Waals surface area contributed by atoms with Crippen molar-refractivity contribution in [2.45, 2.75) is 31.7 Å². The maximum absolute atomic E-state index is 12.6. The topological polar surface area (TPSA) is 86.7 Å². The number of likely N-dealkylation sites (tertiary alicyclic amines) is 1. The summed E-state index contributed by atoms with van der Waals surface area (Å²) in [6.45, 7) is 2.57. The van der Waals surface area contributed by atoms with Crippen LogP contribution in [0.25, 0.3) is 0 Å². The Morgan fingerprint density at radius 3 is 2.54 bits per heavy atom. The van der Waals surface area contributed by atoms with Crippen molar-refractivity contribution < 1.29 is 19.5 Å². The SMILES string of the molecule is C[C@@](NC(=O)[C@H]1CC(=O)N(CC2CC2)C1)(C(=O)O)c1ccccc1. The van der Waals surface area contributed by atoms with Crippen LogP contribution in [0.1, 0.15) is 31.7 Å². The summed E-state index contributed by atoms with van der Waals surface area (Å²) >= 11 is 0. The molecule has 3 rings (SSSR count). The van der Waals surface area contributed by atoms with Crippen molar-refractivity contribution in [3.8, 4) is 0 Å². The van der Waals surface area contributed by atoms with Crippen LogP contribution in [0.3, 0.4) is 0 Å². The maximum atomic E-state index is 12.6. The number of nitrogens with one attached hydrogen (secondary N) is 1. The highest BCUT2D eigenvalue weighted by Crippen LogP contribution is 2.32. The Kier molecular flexibility index (Phi) is 4.30. The van der Waals surface area contributed by atoms with E-state index in [1.54, 1.807) is 35.2 Å². The van der Waals surface area contributed by atoms with Gasteiger partial charge in [0.05, 0.1) is 5.92 Å². The number of benzene rings is 1. The highest BCUT2D eigenvalue weighted by Gasteiger charge is 2.42. The van der Waals surface area contributed by atoms with Crippen LogP contribution in [-0.4, -0.2) is 40.9 Å². The van der Waals surface area contributed by atoms with Gasteiger partial charge in [-0.25, -0.2) is 4.79 Å². The Morgan fingerprint density at radius 2 is 1.96 bits per heavy atom. The maximum Gasteiger partial charge on any atom is 0.333 e. The molecule has 128 valence electrons. The molecule has 0 bridgehead atoms.